The van der Waals surface area contributed by atoms with Crippen LogP contribution in [-0.2, 0) is 6.42 Å². The van der Waals surface area contributed by atoms with E-state index in [1.54, 1.807) is 0 Å². The SMILES string of the molecule is NCCc1ccc(-n2nnc(-c3ccccc3)n2)c(Cl)c1. The summed E-state index contributed by atoms with van der Waals surface area (Å²) in [5.41, 5.74) is 8.25. The number of halogens is 1. The van der Waals surface area contributed by atoms with E-state index < -0.39 is 0 Å². The van der Waals surface area contributed by atoms with Crippen molar-refractivity contribution in [2.24, 2.45) is 5.73 Å². The van der Waals surface area contributed by atoms with Gasteiger partial charge in [-0.3, -0.25) is 0 Å². The van der Waals surface area contributed by atoms with Gasteiger partial charge in [0.2, 0.25) is 5.82 Å². The maximum absolute atomic E-state index is 6.29. The third-order valence-electron chi connectivity index (χ3n) is 3.11. The highest BCUT2D eigenvalue weighted by atomic mass is 35.5. The van der Waals surface area contributed by atoms with Crippen LogP contribution >= 0.6 is 11.6 Å². The lowest BCUT2D eigenvalue weighted by atomic mass is 10.1. The molecule has 0 aliphatic carbocycles. The van der Waals surface area contributed by atoms with Gasteiger partial charge < -0.3 is 5.73 Å². The van der Waals surface area contributed by atoms with E-state index in [1.165, 1.54) is 4.80 Å². The van der Waals surface area contributed by atoms with Crippen LogP contribution in [0.25, 0.3) is 17.1 Å². The number of benzene rings is 2. The zero-order valence-electron chi connectivity index (χ0n) is 11.3. The summed E-state index contributed by atoms with van der Waals surface area (Å²) in [5, 5.41) is 13.1. The van der Waals surface area contributed by atoms with Gasteiger partial charge in [-0.1, -0.05) is 48.0 Å². The standard InChI is InChI=1S/C15H14ClN5/c16-13-10-11(8-9-17)6-7-14(13)21-19-15(18-20-21)12-4-2-1-3-5-12/h1-7,10H,8-9,17H2. The number of hydrogen-bond acceptors (Lipinski definition) is 4. The average molecular weight is 300 g/mol. The second-order valence-corrected chi connectivity index (χ2v) is 5.00. The molecule has 106 valence electrons. The van der Waals surface area contributed by atoms with E-state index in [0.717, 1.165) is 17.5 Å². The molecule has 1 aromatic heterocycles. The molecule has 0 bridgehead atoms. The van der Waals surface area contributed by atoms with Gasteiger partial charge in [0.05, 0.1) is 5.02 Å². The molecule has 0 atom stereocenters. The molecular formula is C15H14ClN5. The maximum atomic E-state index is 6.29. The van der Waals surface area contributed by atoms with E-state index in [-0.39, 0.29) is 0 Å². The fourth-order valence-electron chi connectivity index (χ4n) is 2.05. The van der Waals surface area contributed by atoms with Crippen LogP contribution in [0.15, 0.2) is 48.5 Å². The fraction of sp³-hybridized carbons (Fsp3) is 0.133. The first-order valence-corrected chi connectivity index (χ1v) is 7.00. The zero-order valence-corrected chi connectivity index (χ0v) is 12.0. The molecule has 6 heteroatoms. The molecule has 21 heavy (non-hydrogen) atoms. The quantitative estimate of drug-likeness (QED) is 0.803. The van der Waals surface area contributed by atoms with Crippen LogP contribution in [0.3, 0.4) is 0 Å². The van der Waals surface area contributed by atoms with E-state index in [1.807, 2.05) is 48.5 Å². The molecule has 5 nitrogen and oxygen atoms in total. The minimum absolute atomic E-state index is 0.567. The van der Waals surface area contributed by atoms with Gasteiger partial charge >= 0.3 is 0 Å². The van der Waals surface area contributed by atoms with Crippen LogP contribution in [0, 0.1) is 0 Å². The first-order valence-electron chi connectivity index (χ1n) is 6.62. The van der Waals surface area contributed by atoms with Crippen LogP contribution in [0.1, 0.15) is 5.56 Å². The van der Waals surface area contributed by atoms with E-state index in [4.69, 9.17) is 17.3 Å². The van der Waals surface area contributed by atoms with Crippen molar-refractivity contribution in [1.29, 1.82) is 0 Å². The molecule has 0 fully saturated rings. The van der Waals surface area contributed by atoms with Crippen molar-refractivity contribution < 1.29 is 0 Å². The Kier molecular flexibility index (Phi) is 3.94. The zero-order chi connectivity index (χ0) is 14.7. The van der Waals surface area contributed by atoms with E-state index in [9.17, 15) is 0 Å². The van der Waals surface area contributed by atoms with Crippen LogP contribution in [0.2, 0.25) is 5.02 Å². The molecule has 0 aliphatic rings. The van der Waals surface area contributed by atoms with Crippen LogP contribution in [0.5, 0.6) is 0 Å². The highest BCUT2D eigenvalue weighted by Gasteiger charge is 2.10. The summed E-state index contributed by atoms with van der Waals surface area (Å²) in [7, 11) is 0. The van der Waals surface area contributed by atoms with Crippen LogP contribution < -0.4 is 5.73 Å². The Labute approximate surface area is 127 Å². The number of tetrazole rings is 1. The molecule has 3 rings (SSSR count). The normalized spacial score (nSPS) is 10.8. The number of nitrogens with two attached hydrogens (primary N) is 1. The lowest BCUT2D eigenvalue weighted by Gasteiger charge is -2.04. The van der Waals surface area contributed by atoms with Gasteiger partial charge in [0.15, 0.2) is 0 Å². The van der Waals surface area contributed by atoms with Gasteiger partial charge in [0, 0.05) is 5.56 Å². The number of hydrogen-bond donors (Lipinski definition) is 1. The molecule has 0 spiro atoms. The Morgan fingerprint density at radius 1 is 1.10 bits per heavy atom. The Balaban J connectivity index is 1.93. The summed E-state index contributed by atoms with van der Waals surface area (Å²) in [6, 6.07) is 15.4. The summed E-state index contributed by atoms with van der Waals surface area (Å²) >= 11 is 6.29. The fourth-order valence-corrected chi connectivity index (χ4v) is 2.33. The first-order chi connectivity index (χ1) is 10.3. The number of nitrogens with zero attached hydrogens (tertiary/aromatic N) is 4. The topological polar surface area (TPSA) is 69.6 Å². The summed E-state index contributed by atoms with van der Waals surface area (Å²) in [6.45, 7) is 0.593. The number of aromatic nitrogens is 4. The molecule has 3 aromatic rings. The largest absolute Gasteiger partial charge is 0.330 e. The summed E-state index contributed by atoms with van der Waals surface area (Å²) < 4.78 is 0. The Hall–Kier alpha value is -2.24. The highest BCUT2D eigenvalue weighted by Crippen LogP contribution is 2.22. The van der Waals surface area contributed by atoms with Gasteiger partial charge in [-0.05, 0) is 35.9 Å². The predicted molar refractivity (Wildman–Crippen MR) is 82.4 cm³/mol. The van der Waals surface area contributed by atoms with E-state index in [2.05, 4.69) is 15.4 Å². The molecule has 2 aromatic carbocycles. The van der Waals surface area contributed by atoms with E-state index >= 15 is 0 Å². The number of rotatable bonds is 4. The van der Waals surface area contributed by atoms with Crippen molar-refractivity contribution in [3.05, 3.63) is 59.1 Å². The Morgan fingerprint density at radius 3 is 2.62 bits per heavy atom. The summed E-state index contributed by atoms with van der Waals surface area (Å²) in [4.78, 5) is 1.44. The average Bonchev–Trinajstić information content (AvgIpc) is 2.98. The van der Waals surface area contributed by atoms with Crippen molar-refractivity contribution in [2.45, 2.75) is 6.42 Å². The maximum Gasteiger partial charge on any atom is 0.205 e. The third kappa shape index (κ3) is 2.94. The van der Waals surface area contributed by atoms with Crippen LogP contribution in [0.4, 0.5) is 0 Å². The molecule has 0 amide bonds. The van der Waals surface area contributed by atoms with Gasteiger partial charge in [-0.15, -0.1) is 15.0 Å². The first kappa shape index (κ1) is 13.7. The molecule has 0 aliphatic heterocycles. The highest BCUT2D eigenvalue weighted by molar-refractivity contribution is 6.32. The monoisotopic (exact) mass is 299 g/mol. The Bertz CT molecular complexity index is 739. The van der Waals surface area contributed by atoms with Gasteiger partial charge in [0.25, 0.3) is 0 Å². The Morgan fingerprint density at radius 2 is 1.90 bits per heavy atom. The molecule has 0 saturated heterocycles. The van der Waals surface area contributed by atoms with Crippen molar-refractivity contribution in [3.63, 3.8) is 0 Å². The van der Waals surface area contributed by atoms with Crippen molar-refractivity contribution in [2.75, 3.05) is 6.54 Å². The second-order valence-electron chi connectivity index (χ2n) is 4.59. The minimum atomic E-state index is 0.567. The lowest BCUT2D eigenvalue weighted by molar-refractivity contribution is 0.719. The predicted octanol–water partition coefficient (Wildman–Crippen LogP) is 2.48. The smallest absolute Gasteiger partial charge is 0.205 e. The second kappa shape index (κ2) is 6.03. The molecule has 0 saturated carbocycles. The van der Waals surface area contributed by atoms with Crippen molar-refractivity contribution in [3.8, 4) is 17.1 Å². The van der Waals surface area contributed by atoms with Crippen LogP contribution in [-0.4, -0.2) is 26.8 Å². The molecule has 1 heterocycles. The van der Waals surface area contributed by atoms with E-state index in [0.29, 0.717) is 23.1 Å². The van der Waals surface area contributed by atoms with Crippen molar-refractivity contribution in [1.82, 2.24) is 20.2 Å². The third-order valence-corrected chi connectivity index (χ3v) is 3.41. The molecular weight excluding hydrogens is 286 g/mol. The minimum Gasteiger partial charge on any atom is -0.330 e. The lowest BCUT2D eigenvalue weighted by Crippen LogP contribution is -2.04. The van der Waals surface area contributed by atoms with Gasteiger partial charge in [0.1, 0.15) is 5.69 Å². The molecule has 0 unspecified atom stereocenters. The summed E-state index contributed by atoms with van der Waals surface area (Å²) in [5.74, 6) is 0.567. The van der Waals surface area contributed by atoms with Crippen molar-refractivity contribution >= 4 is 11.6 Å². The summed E-state index contributed by atoms with van der Waals surface area (Å²) in [6.07, 6.45) is 0.792. The van der Waals surface area contributed by atoms with Gasteiger partial charge in [-0.2, -0.15) is 0 Å². The molecule has 0 radical (unpaired) electrons. The van der Waals surface area contributed by atoms with Gasteiger partial charge in [-0.25, -0.2) is 0 Å². The molecule has 2 N–H and O–H groups in total.